The van der Waals surface area contributed by atoms with Crippen molar-refractivity contribution in [3.05, 3.63) is 0 Å². The molecule has 0 fully saturated rings. The number of aliphatic carboxylic acids is 1. The minimum atomic E-state index is -4.12. The first-order valence-corrected chi connectivity index (χ1v) is 10.5. The van der Waals surface area contributed by atoms with Gasteiger partial charge >= 0.3 is 13.6 Å². The highest BCUT2D eigenvalue weighted by molar-refractivity contribution is 7.52. The summed E-state index contributed by atoms with van der Waals surface area (Å²) in [5.41, 5.74) is 4.74. The summed E-state index contributed by atoms with van der Waals surface area (Å²) in [4.78, 5) is 29.5. The van der Waals surface area contributed by atoms with Gasteiger partial charge in [0.1, 0.15) is 6.04 Å². The van der Waals surface area contributed by atoms with Crippen LogP contribution in [0.15, 0.2) is 0 Å². The molecule has 0 aliphatic rings. The van der Waals surface area contributed by atoms with Gasteiger partial charge in [0.05, 0.1) is 5.66 Å². The second-order valence-corrected chi connectivity index (χ2v) is 8.29. The maximum atomic E-state index is 11.5. The summed E-state index contributed by atoms with van der Waals surface area (Å²) in [6, 6.07) is -0.949. The Labute approximate surface area is 140 Å². The number of carboxylic acids is 1. The van der Waals surface area contributed by atoms with E-state index in [0.29, 0.717) is 19.3 Å². The van der Waals surface area contributed by atoms with E-state index < -0.39 is 25.3 Å². The van der Waals surface area contributed by atoms with E-state index in [1.165, 1.54) is 32.1 Å². The van der Waals surface area contributed by atoms with Crippen LogP contribution in [0.4, 0.5) is 0 Å². The average molecular weight is 351 g/mol. The largest absolute Gasteiger partial charge is 0.480 e. The lowest BCUT2D eigenvalue weighted by Gasteiger charge is -2.18. The van der Waals surface area contributed by atoms with Gasteiger partial charge in [0.15, 0.2) is 0 Å². The number of unbranched alkanes of at least 4 members (excludes halogenated alkanes) is 7. The summed E-state index contributed by atoms with van der Waals surface area (Å²) >= 11 is 0. The molecule has 0 heterocycles. The van der Waals surface area contributed by atoms with Crippen molar-refractivity contribution in [1.82, 2.24) is 0 Å². The number of nitrogens with two attached hydrogens (primary N) is 1. The molecule has 0 rings (SSSR count). The van der Waals surface area contributed by atoms with Crippen molar-refractivity contribution < 1.29 is 24.3 Å². The molecule has 0 aromatic rings. The molecule has 0 aliphatic heterocycles. The lowest BCUT2D eigenvalue weighted by Crippen LogP contribution is -2.30. The number of carbonyl (C=O) groups is 1. The van der Waals surface area contributed by atoms with E-state index in [0.717, 1.165) is 19.3 Å². The van der Waals surface area contributed by atoms with Crippen molar-refractivity contribution in [2.24, 2.45) is 5.73 Å². The molecule has 0 aromatic carbocycles. The predicted octanol–water partition coefficient (Wildman–Crippen LogP) is 3.65. The molecule has 0 aliphatic carbocycles. The lowest BCUT2D eigenvalue weighted by molar-refractivity contribution is -0.138. The van der Waals surface area contributed by atoms with E-state index in [2.05, 4.69) is 6.92 Å². The monoisotopic (exact) mass is 351 g/mol. The summed E-state index contributed by atoms with van der Waals surface area (Å²) in [5, 5.41) is 8.71. The zero-order chi connectivity index (χ0) is 17.7. The molecule has 0 aromatic heterocycles. The van der Waals surface area contributed by atoms with Crippen molar-refractivity contribution >= 4 is 13.6 Å². The van der Waals surface area contributed by atoms with Gasteiger partial charge in [0.2, 0.25) is 0 Å². The van der Waals surface area contributed by atoms with Crippen LogP contribution in [0.1, 0.15) is 84.0 Å². The molecule has 23 heavy (non-hydrogen) atoms. The van der Waals surface area contributed by atoms with Crippen LogP contribution in [-0.2, 0) is 9.36 Å². The topological polar surface area (TPSA) is 121 Å². The predicted molar refractivity (Wildman–Crippen MR) is 92.5 cm³/mol. The fourth-order valence-electron chi connectivity index (χ4n) is 2.69. The van der Waals surface area contributed by atoms with Crippen LogP contribution in [0.25, 0.3) is 0 Å². The summed E-state index contributed by atoms with van der Waals surface area (Å²) < 4.78 is 11.5. The third kappa shape index (κ3) is 12.6. The minimum Gasteiger partial charge on any atom is -0.480 e. The Hall–Kier alpha value is -0.420. The fourth-order valence-corrected chi connectivity index (χ4v) is 3.73. The maximum Gasteiger partial charge on any atom is 0.328 e. The van der Waals surface area contributed by atoms with E-state index in [4.69, 9.17) is 10.8 Å². The van der Waals surface area contributed by atoms with Crippen LogP contribution in [-0.4, -0.2) is 32.6 Å². The second-order valence-electron chi connectivity index (χ2n) is 6.38. The first-order chi connectivity index (χ1) is 10.8. The van der Waals surface area contributed by atoms with Gasteiger partial charge in [0.25, 0.3) is 0 Å². The minimum absolute atomic E-state index is 0.253. The van der Waals surface area contributed by atoms with Crippen molar-refractivity contribution in [2.75, 3.05) is 0 Å². The van der Waals surface area contributed by atoms with Gasteiger partial charge in [-0.05, 0) is 19.3 Å². The van der Waals surface area contributed by atoms with Crippen molar-refractivity contribution in [3.8, 4) is 0 Å². The molecule has 0 spiro atoms. The highest BCUT2D eigenvalue weighted by atomic mass is 31.2. The third-order valence-electron chi connectivity index (χ3n) is 4.24. The third-order valence-corrected chi connectivity index (χ3v) is 5.70. The quantitative estimate of drug-likeness (QED) is 0.264. The van der Waals surface area contributed by atoms with E-state index in [1.54, 1.807) is 0 Å². The maximum absolute atomic E-state index is 11.5. The highest BCUT2D eigenvalue weighted by Crippen LogP contribution is 2.46. The van der Waals surface area contributed by atoms with Crippen molar-refractivity contribution in [2.45, 2.75) is 95.7 Å². The van der Waals surface area contributed by atoms with Gasteiger partial charge in [-0.25, -0.2) is 0 Å². The lowest BCUT2D eigenvalue weighted by atomic mass is 10.0. The van der Waals surface area contributed by atoms with Gasteiger partial charge in [0, 0.05) is 0 Å². The summed E-state index contributed by atoms with van der Waals surface area (Å²) in [6.07, 6.45) is 10.6. The molecule has 7 heteroatoms. The number of hydrogen-bond donors (Lipinski definition) is 4. The van der Waals surface area contributed by atoms with Crippen LogP contribution >= 0.6 is 7.60 Å². The zero-order valence-corrected chi connectivity index (χ0v) is 15.2. The Balaban J connectivity index is 3.90. The molecule has 5 N–H and O–H groups in total. The average Bonchev–Trinajstić information content (AvgIpc) is 2.46. The van der Waals surface area contributed by atoms with Gasteiger partial charge in [-0.3, -0.25) is 9.36 Å². The highest BCUT2D eigenvalue weighted by Gasteiger charge is 2.28. The standard InChI is InChI=1S/C16H34NO5P/c1-2-3-4-5-6-7-8-9-11-14(23(20,21)22)12-10-13-15(17)16(18)19/h14-15H,2-13,17H2,1H3,(H,18,19)(H2,20,21,22). The van der Waals surface area contributed by atoms with Crippen LogP contribution in [0, 0.1) is 0 Å². The van der Waals surface area contributed by atoms with E-state index in [9.17, 15) is 19.1 Å². The molecule has 0 amide bonds. The molecular weight excluding hydrogens is 317 g/mol. The molecule has 2 unspecified atom stereocenters. The second kappa shape index (κ2) is 12.9. The fraction of sp³-hybridized carbons (Fsp3) is 0.938. The first kappa shape index (κ1) is 22.6. The Kier molecular flexibility index (Phi) is 12.7. The molecule has 138 valence electrons. The van der Waals surface area contributed by atoms with Crippen molar-refractivity contribution in [3.63, 3.8) is 0 Å². The van der Waals surface area contributed by atoms with Crippen LogP contribution in [0.3, 0.4) is 0 Å². The molecular formula is C16H34NO5P. The summed E-state index contributed by atoms with van der Waals surface area (Å²) in [7, 11) is -4.12. The SMILES string of the molecule is CCCCCCCCCCC(CCCC(N)C(=O)O)P(=O)(O)O. The molecule has 6 nitrogen and oxygen atoms in total. The number of rotatable bonds is 15. The van der Waals surface area contributed by atoms with Crippen LogP contribution in [0.2, 0.25) is 0 Å². The Morgan fingerprint density at radius 1 is 0.913 bits per heavy atom. The van der Waals surface area contributed by atoms with Crippen LogP contribution < -0.4 is 5.73 Å². The van der Waals surface area contributed by atoms with Gasteiger partial charge in [-0.15, -0.1) is 0 Å². The zero-order valence-electron chi connectivity index (χ0n) is 14.3. The summed E-state index contributed by atoms with van der Waals surface area (Å²) in [6.45, 7) is 2.19. The first-order valence-electron chi connectivity index (χ1n) is 8.82. The number of carboxylic acid groups (broad SMARTS) is 1. The molecule has 0 saturated heterocycles. The van der Waals surface area contributed by atoms with Gasteiger partial charge < -0.3 is 20.6 Å². The van der Waals surface area contributed by atoms with Crippen LogP contribution in [0.5, 0.6) is 0 Å². The Morgan fingerprint density at radius 2 is 1.39 bits per heavy atom. The normalized spacial score (nSPS) is 14.6. The van der Waals surface area contributed by atoms with Gasteiger partial charge in [-0.2, -0.15) is 0 Å². The summed E-state index contributed by atoms with van der Waals surface area (Å²) in [5.74, 6) is -1.07. The molecule has 0 bridgehead atoms. The molecule has 0 radical (unpaired) electrons. The van der Waals surface area contributed by atoms with Gasteiger partial charge in [-0.1, -0.05) is 64.7 Å². The Bertz CT molecular complexity index is 358. The van der Waals surface area contributed by atoms with E-state index >= 15 is 0 Å². The molecule has 0 saturated carbocycles. The number of hydrogen-bond acceptors (Lipinski definition) is 3. The van der Waals surface area contributed by atoms with E-state index in [1.807, 2.05) is 0 Å². The van der Waals surface area contributed by atoms with Crippen molar-refractivity contribution in [1.29, 1.82) is 0 Å². The Morgan fingerprint density at radius 3 is 1.87 bits per heavy atom. The van der Waals surface area contributed by atoms with E-state index in [-0.39, 0.29) is 6.42 Å². The molecule has 2 atom stereocenters. The smallest absolute Gasteiger partial charge is 0.328 e.